The predicted molar refractivity (Wildman–Crippen MR) is 86.9 cm³/mol. The summed E-state index contributed by atoms with van der Waals surface area (Å²) in [6.45, 7) is 0. The molecule has 0 bridgehead atoms. The first-order chi connectivity index (χ1) is 10.8. The molecule has 0 amide bonds. The largest absolute Gasteiger partial charge is 0.214 e. The summed E-state index contributed by atoms with van der Waals surface area (Å²) in [5.41, 5.74) is 1.81. The fourth-order valence-corrected chi connectivity index (χ4v) is 3.16. The van der Waals surface area contributed by atoms with E-state index < -0.39 is 0 Å². The zero-order valence-electron chi connectivity index (χ0n) is 11.8. The van der Waals surface area contributed by atoms with Crippen molar-refractivity contribution >= 4 is 23.5 Å². The molecule has 1 heterocycles. The zero-order valence-corrected chi connectivity index (χ0v) is 13.4. The van der Waals surface area contributed by atoms with Gasteiger partial charge in [-0.3, -0.25) is 0 Å². The maximum Gasteiger partial charge on any atom is 0.214 e. The molecule has 4 nitrogen and oxygen atoms in total. The molecule has 0 aliphatic carbocycles. The lowest BCUT2D eigenvalue weighted by atomic mass is 10.2. The molecule has 1 aromatic heterocycles. The smallest absolute Gasteiger partial charge is 0.207 e. The van der Waals surface area contributed by atoms with E-state index in [4.69, 9.17) is 0 Å². The van der Waals surface area contributed by atoms with Gasteiger partial charge in [-0.2, -0.15) is 4.68 Å². The van der Waals surface area contributed by atoms with Crippen LogP contribution < -0.4 is 0 Å². The van der Waals surface area contributed by atoms with Crippen LogP contribution in [0.5, 0.6) is 0 Å². The maximum atomic E-state index is 13.3. The molecule has 0 N–H and O–H groups in total. The number of halogens is 1. The van der Waals surface area contributed by atoms with E-state index in [1.165, 1.54) is 34.4 Å². The van der Waals surface area contributed by atoms with Crippen LogP contribution in [0.4, 0.5) is 4.39 Å². The van der Waals surface area contributed by atoms with Crippen molar-refractivity contribution in [2.45, 2.75) is 15.8 Å². The molecule has 0 aliphatic rings. The summed E-state index contributed by atoms with van der Waals surface area (Å²) >= 11 is 3.23. The topological polar surface area (TPSA) is 43.6 Å². The molecule has 0 atom stereocenters. The Morgan fingerprint density at radius 3 is 2.68 bits per heavy atom. The van der Waals surface area contributed by atoms with Crippen LogP contribution in [0.25, 0.3) is 5.69 Å². The molecule has 0 fully saturated rings. The van der Waals surface area contributed by atoms with Gasteiger partial charge in [-0.1, -0.05) is 30.0 Å². The molecule has 3 rings (SSSR count). The molecule has 2 aromatic carbocycles. The van der Waals surface area contributed by atoms with Gasteiger partial charge in [0.2, 0.25) is 5.16 Å². The molecule has 0 aliphatic heterocycles. The number of rotatable bonds is 5. The van der Waals surface area contributed by atoms with Crippen molar-refractivity contribution in [3.05, 3.63) is 59.9 Å². The number of hydrogen-bond donors (Lipinski definition) is 0. The summed E-state index contributed by atoms with van der Waals surface area (Å²) in [5.74, 6) is 0.446. The standard InChI is InChI=1S/C15H13FN4S2/c1-21-14-7-5-11(6-8-14)10-22-15-17-18-19-20(15)13-4-2-3-12(16)9-13/h2-9H,10H2,1H3. The minimum absolute atomic E-state index is 0.309. The van der Waals surface area contributed by atoms with E-state index in [1.807, 2.05) is 0 Å². The van der Waals surface area contributed by atoms with Crippen LogP contribution in [0.2, 0.25) is 0 Å². The van der Waals surface area contributed by atoms with Gasteiger partial charge in [0.15, 0.2) is 0 Å². The highest BCUT2D eigenvalue weighted by Crippen LogP contribution is 2.24. The van der Waals surface area contributed by atoms with Gasteiger partial charge in [-0.15, -0.1) is 16.9 Å². The van der Waals surface area contributed by atoms with Crippen LogP contribution in [0.1, 0.15) is 5.56 Å². The lowest BCUT2D eigenvalue weighted by molar-refractivity contribution is 0.623. The SMILES string of the molecule is CSc1ccc(CSc2nnnn2-c2cccc(F)c2)cc1. The monoisotopic (exact) mass is 332 g/mol. The Bertz CT molecular complexity index is 758. The summed E-state index contributed by atoms with van der Waals surface area (Å²) in [7, 11) is 0. The third kappa shape index (κ3) is 3.48. The van der Waals surface area contributed by atoms with Gasteiger partial charge in [-0.25, -0.2) is 4.39 Å². The molecule has 0 radical (unpaired) electrons. The molecule has 112 valence electrons. The second kappa shape index (κ2) is 6.93. The first-order valence-electron chi connectivity index (χ1n) is 6.56. The number of nitrogens with zero attached hydrogens (tertiary/aromatic N) is 4. The summed E-state index contributed by atoms with van der Waals surface area (Å²) in [6.07, 6.45) is 2.05. The number of benzene rings is 2. The van der Waals surface area contributed by atoms with E-state index >= 15 is 0 Å². The van der Waals surface area contributed by atoms with Gasteiger partial charge in [0.1, 0.15) is 5.82 Å². The van der Waals surface area contributed by atoms with Gasteiger partial charge < -0.3 is 0 Å². The van der Waals surface area contributed by atoms with Crippen LogP contribution >= 0.6 is 23.5 Å². The predicted octanol–water partition coefficient (Wildman–Crippen LogP) is 3.82. The second-order valence-corrected chi connectivity index (χ2v) is 6.31. The fourth-order valence-electron chi connectivity index (χ4n) is 1.91. The molecule has 3 aromatic rings. The van der Waals surface area contributed by atoms with Gasteiger partial charge in [0.05, 0.1) is 5.69 Å². The number of hydrogen-bond acceptors (Lipinski definition) is 5. The molecule has 0 saturated heterocycles. The zero-order chi connectivity index (χ0) is 15.4. The Morgan fingerprint density at radius 1 is 1.14 bits per heavy atom. The average Bonchev–Trinajstić information content (AvgIpc) is 3.02. The lowest BCUT2D eigenvalue weighted by Gasteiger charge is -2.05. The van der Waals surface area contributed by atoms with Crippen LogP contribution in [-0.2, 0) is 5.75 Å². The van der Waals surface area contributed by atoms with Crippen molar-refractivity contribution in [2.24, 2.45) is 0 Å². The van der Waals surface area contributed by atoms with E-state index in [2.05, 4.69) is 46.0 Å². The second-order valence-electron chi connectivity index (χ2n) is 4.49. The molecule has 0 saturated carbocycles. The Hall–Kier alpha value is -1.86. The molecule has 0 spiro atoms. The van der Waals surface area contributed by atoms with Crippen molar-refractivity contribution in [2.75, 3.05) is 6.26 Å². The fraction of sp³-hybridized carbons (Fsp3) is 0.133. The Kier molecular flexibility index (Phi) is 4.74. The number of thioether (sulfide) groups is 2. The van der Waals surface area contributed by atoms with Gasteiger partial charge in [-0.05, 0) is 52.6 Å². The van der Waals surface area contributed by atoms with Crippen molar-refractivity contribution in [3.63, 3.8) is 0 Å². The normalized spacial score (nSPS) is 10.8. The van der Waals surface area contributed by atoms with E-state index in [9.17, 15) is 4.39 Å². The summed E-state index contributed by atoms with van der Waals surface area (Å²) in [5, 5.41) is 12.3. The first kappa shape index (κ1) is 15.1. The van der Waals surface area contributed by atoms with Crippen molar-refractivity contribution in [1.82, 2.24) is 20.2 Å². The highest BCUT2D eigenvalue weighted by atomic mass is 32.2. The molecular weight excluding hydrogens is 319 g/mol. The van der Waals surface area contributed by atoms with Crippen molar-refractivity contribution < 1.29 is 4.39 Å². The third-order valence-electron chi connectivity index (χ3n) is 3.02. The van der Waals surface area contributed by atoms with Crippen molar-refractivity contribution in [3.8, 4) is 5.69 Å². The van der Waals surface area contributed by atoms with Crippen LogP contribution in [0.15, 0.2) is 58.6 Å². The molecular formula is C15H13FN4S2. The van der Waals surface area contributed by atoms with Gasteiger partial charge in [0.25, 0.3) is 0 Å². The number of tetrazole rings is 1. The van der Waals surface area contributed by atoms with Crippen molar-refractivity contribution in [1.29, 1.82) is 0 Å². The summed E-state index contributed by atoms with van der Waals surface area (Å²) in [6, 6.07) is 14.6. The highest BCUT2D eigenvalue weighted by molar-refractivity contribution is 7.98. The maximum absolute atomic E-state index is 13.3. The minimum atomic E-state index is -0.309. The van der Waals surface area contributed by atoms with Crippen LogP contribution in [-0.4, -0.2) is 26.5 Å². The Labute approximate surface area is 136 Å². The number of aromatic nitrogens is 4. The highest BCUT2D eigenvalue weighted by Gasteiger charge is 2.09. The summed E-state index contributed by atoms with van der Waals surface area (Å²) in [4.78, 5) is 1.23. The van der Waals surface area contributed by atoms with Gasteiger partial charge in [0, 0.05) is 10.6 Å². The van der Waals surface area contributed by atoms with E-state index in [0.29, 0.717) is 10.8 Å². The Morgan fingerprint density at radius 2 is 1.95 bits per heavy atom. The van der Waals surface area contributed by atoms with Crippen LogP contribution in [0.3, 0.4) is 0 Å². The van der Waals surface area contributed by atoms with E-state index in [1.54, 1.807) is 28.6 Å². The lowest BCUT2D eigenvalue weighted by Crippen LogP contribution is -1.99. The molecule has 22 heavy (non-hydrogen) atoms. The third-order valence-corrected chi connectivity index (χ3v) is 4.75. The molecule has 0 unspecified atom stereocenters. The Balaban J connectivity index is 1.75. The average molecular weight is 332 g/mol. The van der Waals surface area contributed by atoms with E-state index in [-0.39, 0.29) is 5.82 Å². The molecule has 7 heteroatoms. The quantitative estimate of drug-likeness (QED) is 0.665. The first-order valence-corrected chi connectivity index (χ1v) is 8.77. The van der Waals surface area contributed by atoms with E-state index in [0.717, 1.165) is 5.75 Å². The summed E-state index contributed by atoms with van der Waals surface area (Å²) < 4.78 is 14.9. The van der Waals surface area contributed by atoms with Crippen LogP contribution in [0, 0.1) is 5.82 Å². The minimum Gasteiger partial charge on any atom is -0.207 e. The van der Waals surface area contributed by atoms with Gasteiger partial charge >= 0.3 is 0 Å².